The largest absolute Gasteiger partial charge is 0.359 e. The van der Waals surface area contributed by atoms with Gasteiger partial charge in [0.1, 0.15) is 0 Å². The first kappa shape index (κ1) is 18.9. The number of rotatable bonds is 7. The lowest BCUT2D eigenvalue weighted by molar-refractivity contribution is -0.120. The van der Waals surface area contributed by atoms with Crippen molar-refractivity contribution in [1.82, 2.24) is 15.6 Å². The second kappa shape index (κ2) is 9.17. The first-order chi connectivity index (χ1) is 12.0. The number of nitrogens with one attached hydrogen (secondary N) is 3. The second-order valence-corrected chi connectivity index (χ2v) is 7.00. The Morgan fingerprint density at radius 3 is 2.60 bits per heavy atom. The molecule has 3 N–H and O–H groups in total. The Morgan fingerprint density at radius 1 is 1.16 bits per heavy atom. The van der Waals surface area contributed by atoms with Gasteiger partial charge in [0.25, 0.3) is 0 Å². The molecule has 134 valence electrons. The lowest BCUT2D eigenvalue weighted by Gasteiger charge is -2.11. The summed E-state index contributed by atoms with van der Waals surface area (Å²) >= 11 is 1.66. The zero-order valence-electron chi connectivity index (χ0n) is 14.8. The molecule has 25 heavy (non-hydrogen) atoms. The molecule has 7 heteroatoms. The van der Waals surface area contributed by atoms with Crippen molar-refractivity contribution < 1.29 is 9.59 Å². The molecule has 3 amide bonds. The zero-order valence-corrected chi connectivity index (χ0v) is 15.6. The number of aryl methyl sites for hydroxylation is 3. The maximum atomic E-state index is 12.1. The fourth-order valence-corrected chi connectivity index (χ4v) is 3.26. The van der Waals surface area contributed by atoms with Gasteiger partial charge in [0.2, 0.25) is 5.91 Å². The van der Waals surface area contributed by atoms with Crippen molar-refractivity contribution in [3.05, 3.63) is 45.4 Å². The molecule has 1 heterocycles. The van der Waals surface area contributed by atoms with Gasteiger partial charge >= 0.3 is 6.03 Å². The fourth-order valence-electron chi connectivity index (χ4n) is 2.33. The fraction of sp³-hybridized carbons (Fsp3) is 0.389. The van der Waals surface area contributed by atoms with Crippen LogP contribution in [0.3, 0.4) is 0 Å². The van der Waals surface area contributed by atoms with Crippen molar-refractivity contribution in [3.8, 4) is 0 Å². The van der Waals surface area contributed by atoms with E-state index in [1.807, 2.05) is 38.1 Å². The normalized spacial score (nSPS) is 10.4. The third-order valence-electron chi connectivity index (χ3n) is 3.86. The van der Waals surface area contributed by atoms with Gasteiger partial charge in [-0.3, -0.25) is 4.79 Å². The highest BCUT2D eigenvalue weighted by atomic mass is 32.1. The predicted octanol–water partition coefficient (Wildman–Crippen LogP) is 2.80. The van der Waals surface area contributed by atoms with Gasteiger partial charge in [0.15, 0.2) is 0 Å². The molecule has 0 saturated heterocycles. The van der Waals surface area contributed by atoms with E-state index in [1.165, 1.54) is 4.88 Å². The maximum absolute atomic E-state index is 12.1. The van der Waals surface area contributed by atoms with Gasteiger partial charge < -0.3 is 16.0 Å². The summed E-state index contributed by atoms with van der Waals surface area (Å²) in [4.78, 5) is 29.2. The number of urea groups is 1. The molecule has 0 unspecified atom stereocenters. The summed E-state index contributed by atoms with van der Waals surface area (Å²) in [6.07, 6.45) is 1.68. The van der Waals surface area contributed by atoms with E-state index in [0.717, 1.165) is 22.0 Å². The highest BCUT2D eigenvalue weighted by molar-refractivity contribution is 7.11. The van der Waals surface area contributed by atoms with E-state index < -0.39 is 0 Å². The van der Waals surface area contributed by atoms with Crippen molar-refractivity contribution in [2.75, 3.05) is 18.9 Å². The minimum atomic E-state index is -0.252. The van der Waals surface area contributed by atoms with E-state index >= 15 is 0 Å². The number of hydrogen-bond acceptors (Lipinski definition) is 4. The Labute approximate surface area is 152 Å². The van der Waals surface area contributed by atoms with E-state index in [1.54, 1.807) is 18.4 Å². The van der Waals surface area contributed by atoms with Crippen LogP contribution in [0, 0.1) is 13.8 Å². The second-order valence-electron chi connectivity index (χ2n) is 5.71. The van der Waals surface area contributed by atoms with E-state index in [2.05, 4.69) is 20.9 Å². The number of hydrogen-bond donors (Lipinski definition) is 3. The van der Waals surface area contributed by atoms with Crippen LogP contribution in [0.2, 0.25) is 0 Å². The maximum Gasteiger partial charge on any atom is 0.319 e. The molecular formula is C18H24N4O2S. The topological polar surface area (TPSA) is 83.1 Å². The number of amides is 3. The lowest BCUT2D eigenvalue weighted by atomic mass is 10.1. The number of nitrogens with zero attached hydrogens (tertiary/aromatic N) is 1. The van der Waals surface area contributed by atoms with E-state index in [4.69, 9.17) is 0 Å². The molecule has 0 spiro atoms. The van der Waals surface area contributed by atoms with Crippen LogP contribution in [0.25, 0.3) is 0 Å². The number of para-hydroxylation sites is 1. The van der Waals surface area contributed by atoms with Gasteiger partial charge in [0, 0.05) is 37.0 Å². The van der Waals surface area contributed by atoms with Crippen LogP contribution in [-0.2, 0) is 17.6 Å². The quantitative estimate of drug-likeness (QED) is 0.710. The van der Waals surface area contributed by atoms with E-state index in [-0.39, 0.29) is 11.9 Å². The van der Waals surface area contributed by atoms with Crippen LogP contribution in [-0.4, -0.2) is 30.5 Å². The summed E-state index contributed by atoms with van der Waals surface area (Å²) in [6.45, 7) is 4.57. The Hall–Kier alpha value is -2.41. The molecule has 0 radical (unpaired) electrons. The summed E-state index contributed by atoms with van der Waals surface area (Å²) < 4.78 is 0. The summed E-state index contributed by atoms with van der Waals surface area (Å²) in [7, 11) is 1.62. The zero-order chi connectivity index (χ0) is 18.2. The minimum Gasteiger partial charge on any atom is -0.359 e. The number of carbonyl (C=O) groups excluding carboxylic acids is 2. The minimum absolute atomic E-state index is 0.0201. The third kappa shape index (κ3) is 5.86. The molecule has 6 nitrogen and oxygen atoms in total. The van der Waals surface area contributed by atoms with Crippen molar-refractivity contribution >= 4 is 29.0 Å². The monoisotopic (exact) mass is 360 g/mol. The standard InChI is InChI=1S/C18H24N4O2S/c1-12-13(2)25-17(21-12)10-11-20-18(24)22-15-7-5-4-6-14(15)8-9-16(23)19-3/h4-7H,8-11H2,1-3H3,(H,19,23)(H2,20,22,24). The van der Waals surface area contributed by atoms with Crippen molar-refractivity contribution in [2.24, 2.45) is 0 Å². The summed E-state index contributed by atoms with van der Waals surface area (Å²) in [5.41, 5.74) is 2.71. The smallest absolute Gasteiger partial charge is 0.319 e. The first-order valence-electron chi connectivity index (χ1n) is 8.26. The van der Waals surface area contributed by atoms with Crippen LogP contribution < -0.4 is 16.0 Å². The Balaban J connectivity index is 1.84. The number of benzene rings is 1. The molecule has 0 aliphatic heterocycles. The predicted molar refractivity (Wildman–Crippen MR) is 101 cm³/mol. The molecule has 2 rings (SSSR count). The molecule has 0 atom stereocenters. The van der Waals surface area contributed by atoms with Gasteiger partial charge in [-0.1, -0.05) is 18.2 Å². The molecular weight excluding hydrogens is 336 g/mol. The van der Waals surface area contributed by atoms with Crippen LogP contribution in [0.15, 0.2) is 24.3 Å². The average Bonchev–Trinajstić information content (AvgIpc) is 2.91. The Kier molecular flexibility index (Phi) is 6.94. The lowest BCUT2D eigenvalue weighted by Crippen LogP contribution is -2.30. The summed E-state index contributed by atoms with van der Waals surface area (Å²) in [6, 6.07) is 7.26. The molecule has 0 bridgehead atoms. The van der Waals surface area contributed by atoms with E-state index in [0.29, 0.717) is 25.8 Å². The number of carbonyl (C=O) groups is 2. The average molecular weight is 360 g/mol. The first-order valence-corrected chi connectivity index (χ1v) is 9.07. The SMILES string of the molecule is CNC(=O)CCc1ccccc1NC(=O)NCCc1nc(C)c(C)s1. The highest BCUT2D eigenvalue weighted by Gasteiger charge is 2.09. The van der Waals surface area contributed by atoms with Crippen LogP contribution in [0.5, 0.6) is 0 Å². The Bertz CT molecular complexity index is 723. The summed E-state index contributed by atoms with van der Waals surface area (Å²) in [5.74, 6) is -0.0201. The molecule has 1 aromatic carbocycles. The van der Waals surface area contributed by atoms with Crippen molar-refractivity contribution in [2.45, 2.75) is 33.1 Å². The molecule has 0 fully saturated rings. The van der Waals surface area contributed by atoms with Gasteiger partial charge in [-0.15, -0.1) is 11.3 Å². The molecule has 0 aliphatic rings. The number of aromatic nitrogens is 1. The highest BCUT2D eigenvalue weighted by Crippen LogP contribution is 2.17. The van der Waals surface area contributed by atoms with Crippen LogP contribution in [0.1, 0.15) is 27.6 Å². The molecule has 0 saturated carbocycles. The van der Waals surface area contributed by atoms with Crippen LogP contribution in [0.4, 0.5) is 10.5 Å². The van der Waals surface area contributed by atoms with Crippen molar-refractivity contribution in [1.29, 1.82) is 0 Å². The summed E-state index contributed by atoms with van der Waals surface area (Å²) in [5, 5.41) is 9.34. The van der Waals surface area contributed by atoms with Gasteiger partial charge in [-0.05, 0) is 31.9 Å². The van der Waals surface area contributed by atoms with Gasteiger partial charge in [0.05, 0.1) is 10.7 Å². The number of anilines is 1. The molecule has 2 aromatic rings. The Morgan fingerprint density at radius 2 is 1.92 bits per heavy atom. The van der Waals surface area contributed by atoms with Gasteiger partial charge in [-0.2, -0.15) is 0 Å². The van der Waals surface area contributed by atoms with Gasteiger partial charge in [-0.25, -0.2) is 9.78 Å². The van der Waals surface area contributed by atoms with E-state index in [9.17, 15) is 9.59 Å². The third-order valence-corrected chi connectivity index (χ3v) is 5.00. The molecule has 1 aromatic heterocycles. The van der Waals surface area contributed by atoms with Crippen LogP contribution >= 0.6 is 11.3 Å². The molecule has 0 aliphatic carbocycles. The number of thiazole rings is 1. The van der Waals surface area contributed by atoms with Crippen molar-refractivity contribution in [3.63, 3.8) is 0 Å².